The minimum Gasteiger partial charge on any atom is -0.368 e. The topological polar surface area (TPSA) is 96.7 Å². The molecule has 2 aromatic rings. The van der Waals surface area contributed by atoms with Crippen LogP contribution in [0, 0.1) is 0 Å². The maximum absolute atomic E-state index is 12.9. The zero-order chi connectivity index (χ0) is 20.7. The molecule has 2 amide bonds. The van der Waals surface area contributed by atoms with Crippen LogP contribution in [0.1, 0.15) is 17.9 Å². The molecule has 1 aromatic heterocycles. The lowest BCUT2D eigenvalue weighted by molar-refractivity contribution is -0.133. The highest BCUT2D eigenvalue weighted by molar-refractivity contribution is 6.04. The predicted molar refractivity (Wildman–Crippen MR) is 108 cm³/mol. The van der Waals surface area contributed by atoms with Crippen molar-refractivity contribution in [2.45, 2.75) is 12.3 Å². The molecule has 3 heterocycles. The van der Waals surface area contributed by atoms with E-state index in [1.807, 2.05) is 30.3 Å². The molecule has 2 aliphatic rings. The molecule has 9 heteroatoms. The van der Waals surface area contributed by atoms with Gasteiger partial charge in [-0.3, -0.25) is 23.5 Å². The lowest BCUT2D eigenvalue weighted by Crippen LogP contribution is -2.49. The van der Waals surface area contributed by atoms with Crippen molar-refractivity contribution in [3.63, 3.8) is 0 Å². The number of hydrogen-bond acceptors (Lipinski definition) is 5. The Labute approximate surface area is 167 Å². The monoisotopic (exact) mass is 397 g/mol. The Balaban J connectivity index is 1.49. The van der Waals surface area contributed by atoms with E-state index >= 15 is 0 Å². The Morgan fingerprint density at radius 1 is 1.00 bits per heavy atom. The summed E-state index contributed by atoms with van der Waals surface area (Å²) < 4.78 is 2.20. The van der Waals surface area contributed by atoms with E-state index in [1.165, 1.54) is 18.7 Å². The van der Waals surface area contributed by atoms with Crippen molar-refractivity contribution in [2.75, 3.05) is 36.4 Å². The molecule has 0 radical (unpaired) electrons. The molecular weight excluding hydrogens is 374 g/mol. The number of hydrogen-bond donors (Lipinski definition) is 1. The largest absolute Gasteiger partial charge is 0.368 e. The number of aromatic nitrogens is 2. The Hall–Kier alpha value is -3.36. The summed E-state index contributed by atoms with van der Waals surface area (Å²) in [5.74, 6) is -1.28. The summed E-state index contributed by atoms with van der Waals surface area (Å²) in [5.41, 5.74) is 0.259. The molecule has 0 bridgehead atoms. The molecular formula is C20H23N5O4. The zero-order valence-electron chi connectivity index (χ0n) is 16.4. The molecule has 0 unspecified atom stereocenters. The molecule has 1 atom stereocenters. The Morgan fingerprint density at radius 3 is 2.31 bits per heavy atom. The third-order valence-electron chi connectivity index (χ3n) is 5.74. The number of carbonyl (C=O) groups is 2. The van der Waals surface area contributed by atoms with Gasteiger partial charge in [0.25, 0.3) is 5.56 Å². The summed E-state index contributed by atoms with van der Waals surface area (Å²) in [6.07, 6.45) is -0.0857. The molecule has 29 heavy (non-hydrogen) atoms. The molecule has 1 saturated heterocycles. The highest BCUT2D eigenvalue weighted by atomic mass is 16.2. The molecule has 0 saturated carbocycles. The number of benzene rings is 1. The van der Waals surface area contributed by atoms with Gasteiger partial charge in [-0.2, -0.15) is 0 Å². The average Bonchev–Trinajstić information content (AvgIpc) is 3.07. The second-order valence-corrected chi connectivity index (χ2v) is 7.42. The van der Waals surface area contributed by atoms with E-state index in [4.69, 9.17) is 0 Å². The van der Waals surface area contributed by atoms with Gasteiger partial charge in [-0.1, -0.05) is 18.2 Å². The summed E-state index contributed by atoms with van der Waals surface area (Å²) in [4.78, 5) is 53.9. The maximum atomic E-state index is 12.9. The first kappa shape index (κ1) is 19.0. The van der Waals surface area contributed by atoms with E-state index in [-0.39, 0.29) is 23.7 Å². The lowest BCUT2D eigenvalue weighted by atomic mass is 9.98. The van der Waals surface area contributed by atoms with Gasteiger partial charge in [0.15, 0.2) is 0 Å². The molecule has 0 aliphatic carbocycles. The summed E-state index contributed by atoms with van der Waals surface area (Å²) in [7, 11) is 2.86. The fourth-order valence-corrected chi connectivity index (χ4v) is 4.02. The zero-order valence-corrected chi connectivity index (χ0v) is 16.4. The molecule has 1 N–H and O–H groups in total. The summed E-state index contributed by atoms with van der Waals surface area (Å²) >= 11 is 0. The number of nitrogens with zero attached hydrogens (tertiary/aromatic N) is 4. The van der Waals surface area contributed by atoms with Gasteiger partial charge in [0.2, 0.25) is 11.8 Å². The molecule has 9 nitrogen and oxygen atoms in total. The number of piperazine rings is 1. The van der Waals surface area contributed by atoms with Crippen LogP contribution in [0.5, 0.6) is 0 Å². The van der Waals surface area contributed by atoms with E-state index in [2.05, 4.69) is 10.2 Å². The minimum atomic E-state index is -0.879. The van der Waals surface area contributed by atoms with Crippen LogP contribution in [-0.4, -0.2) is 52.0 Å². The molecule has 152 valence electrons. The minimum absolute atomic E-state index is 0.0857. The second-order valence-electron chi connectivity index (χ2n) is 7.42. The summed E-state index contributed by atoms with van der Waals surface area (Å²) in [6, 6.07) is 10.0. The van der Waals surface area contributed by atoms with Crippen molar-refractivity contribution in [2.24, 2.45) is 14.1 Å². The first-order valence-electron chi connectivity index (χ1n) is 9.57. The number of carbonyl (C=O) groups excluding carboxylic acids is 2. The second kappa shape index (κ2) is 7.23. The van der Waals surface area contributed by atoms with Crippen LogP contribution in [0.15, 0.2) is 39.9 Å². The molecule has 2 aliphatic heterocycles. The number of anilines is 2. The van der Waals surface area contributed by atoms with Gasteiger partial charge in [0.1, 0.15) is 5.82 Å². The fraction of sp³-hybridized carbons (Fsp3) is 0.400. The molecule has 0 spiro atoms. The average molecular weight is 397 g/mol. The Bertz CT molecular complexity index is 1080. The quantitative estimate of drug-likeness (QED) is 0.778. The van der Waals surface area contributed by atoms with E-state index < -0.39 is 23.1 Å². The van der Waals surface area contributed by atoms with Crippen LogP contribution >= 0.6 is 0 Å². The third kappa shape index (κ3) is 3.22. The van der Waals surface area contributed by atoms with E-state index in [0.717, 1.165) is 10.3 Å². The standard InChI is InChI=1S/C20H23N5O4/c1-22-17-16(19(28)23(2)20(22)29)14(18(27)21-17)12-15(26)25-10-8-24(9-11-25)13-6-4-3-5-7-13/h3-7,14H,8-12H2,1-2H3,(H,21,27)/t14-/m0/s1. The van der Waals surface area contributed by atoms with Gasteiger partial charge in [0.05, 0.1) is 11.5 Å². The number of amides is 2. The van der Waals surface area contributed by atoms with Crippen LogP contribution in [-0.2, 0) is 23.7 Å². The third-order valence-corrected chi connectivity index (χ3v) is 5.74. The van der Waals surface area contributed by atoms with E-state index in [0.29, 0.717) is 26.2 Å². The number of rotatable bonds is 3. The van der Waals surface area contributed by atoms with E-state index in [9.17, 15) is 19.2 Å². The smallest absolute Gasteiger partial charge is 0.332 e. The maximum Gasteiger partial charge on any atom is 0.332 e. The number of para-hydroxylation sites is 1. The highest BCUT2D eigenvalue weighted by Crippen LogP contribution is 2.31. The van der Waals surface area contributed by atoms with Gasteiger partial charge in [-0.05, 0) is 12.1 Å². The van der Waals surface area contributed by atoms with Crippen LogP contribution in [0.2, 0.25) is 0 Å². The normalized spacial score (nSPS) is 18.6. The Morgan fingerprint density at radius 2 is 1.66 bits per heavy atom. The van der Waals surface area contributed by atoms with Crippen LogP contribution in [0.25, 0.3) is 0 Å². The molecule has 1 aromatic carbocycles. The van der Waals surface area contributed by atoms with Gasteiger partial charge in [0, 0.05) is 52.4 Å². The van der Waals surface area contributed by atoms with Crippen LogP contribution < -0.4 is 21.5 Å². The van der Waals surface area contributed by atoms with Crippen molar-refractivity contribution >= 4 is 23.3 Å². The van der Waals surface area contributed by atoms with Crippen molar-refractivity contribution in [3.05, 3.63) is 56.7 Å². The van der Waals surface area contributed by atoms with Crippen LogP contribution in [0.4, 0.5) is 11.5 Å². The SMILES string of the molecule is Cn1c2c(c(=O)n(C)c1=O)[C@H](CC(=O)N1CCN(c3ccccc3)CC1)C(=O)N2. The van der Waals surface area contributed by atoms with E-state index in [1.54, 1.807) is 4.90 Å². The number of fused-ring (bicyclic) bond motifs is 1. The molecule has 1 fully saturated rings. The van der Waals surface area contributed by atoms with Crippen molar-refractivity contribution in [3.8, 4) is 0 Å². The Kier molecular flexibility index (Phi) is 4.73. The van der Waals surface area contributed by atoms with Gasteiger partial charge in [-0.25, -0.2) is 4.79 Å². The first-order chi connectivity index (χ1) is 13.9. The molecule has 4 rings (SSSR count). The van der Waals surface area contributed by atoms with Crippen LogP contribution in [0.3, 0.4) is 0 Å². The predicted octanol–water partition coefficient (Wildman–Crippen LogP) is -0.141. The summed E-state index contributed by atoms with van der Waals surface area (Å²) in [6.45, 7) is 2.53. The lowest BCUT2D eigenvalue weighted by Gasteiger charge is -2.36. The van der Waals surface area contributed by atoms with Gasteiger partial charge < -0.3 is 15.1 Å². The van der Waals surface area contributed by atoms with Crippen molar-refractivity contribution in [1.82, 2.24) is 14.0 Å². The first-order valence-corrected chi connectivity index (χ1v) is 9.57. The summed E-state index contributed by atoms with van der Waals surface area (Å²) in [5, 5.41) is 2.59. The van der Waals surface area contributed by atoms with Crippen molar-refractivity contribution < 1.29 is 9.59 Å². The van der Waals surface area contributed by atoms with Crippen molar-refractivity contribution in [1.29, 1.82) is 0 Å². The number of nitrogens with one attached hydrogen (secondary N) is 1. The fourth-order valence-electron chi connectivity index (χ4n) is 4.02. The highest BCUT2D eigenvalue weighted by Gasteiger charge is 2.38. The van der Waals surface area contributed by atoms with Gasteiger partial charge in [-0.15, -0.1) is 0 Å². The van der Waals surface area contributed by atoms with Gasteiger partial charge >= 0.3 is 5.69 Å².